The van der Waals surface area contributed by atoms with Crippen LogP contribution in [0, 0.1) is 0 Å². The summed E-state index contributed by atoms with van der Waals surface area (Å²) in [6, 6.07) is 11.4. The van der Waals surface area contributed by atoms with Gasteiger partial charge in [0.25, 0.3) is 5.24 Å². The minimum atomic E-state index is -0.775. The Hall–Kier alpha value is -2.87. The van der Waals surface area contributed by atoms with Gasteiger partial charge in [-0.15, -0.1) is 0 Å². The Bertz CT molecular complexity index is 977. The van der Waals surface area contributed by atoms with E-state index < -0.39 is 4.75 Å². The first kappa shape index (κ1) is 24.8. The SMILES string of the molecule is CCCCC(=O)O[C@@H](C)c1ccc(CCOc2ccc(CC3(C)SC(=O)NC3=O)cc2)nc1. The number of aromatic nitrogens is 1. The molecule has 0 radical (unpaired) electrons. The molecule has 2 aromatic rings. The monoisotopic (exact) mass is 470 g/mol. The largest absolute Gasteiger partial charge is 0.493 e. The first-order chi connectivity index (χ1) is 15.8. The van der Waals surface area contributed by atoms with Crippen LogP contribution >= 0.6 is 11.8 Å². The van der Waals surface area contributed by atoms with Gasteiger partial charge in [-0.25, -0.2) is 0 Å². The van der Waals surface area contributed by atoms with Crippen LogP contribution in [0.1, 0.15) is 63.0 Å². The summed E-state index contributed by atoms with van der Waals surface area (Å²) in [5, 5.41) is 2.04. The average Bonchev–Trinajstić information content (AvgIpc) is 3.04. The van der Waals surface area contributed by atoms with Gasteiger partial charge in [0, 0.05) is 30.3 Å². The lowest BCUT2D eigenvalue weighted by molar-refractivity contribution is -0.148. The number of pyridine rings is 1. The molecule has 1 unspecified atom stereocenters. The average molecular weight is 471 g/mol. The number of amides is 2. The van der Waals surface area contributed by atoms with E-state index in [9.17, 15) is 14.4 Å². The molecular formula is C25H30N2O5S. The molecular weight excluding hydrogens is 440 g/mol. The van der Waals surface area contributed by atoms with Crippen LogP contribution in [0.15, 0.2) is 42.6 Å². The summed E-state index contributed by atoms with van der Waals surface area (Å²) in [4.78, 5) is 39.7. The number of thioether (sulfide) groups is 1. The minimum Gasteiger partial charge on any atom is -0.493 e. The van der Waals surface area contributed by atoms with Crippen molar-refractivity contribution >= 4 is 28.9 Å². The van der Waals surface area contributed by atoms with E-state index in [1.807, 2.05) is 50.2 Å². The van der Waals surface area contributed by atoms with E-state index >= 15 is 0 Å². The van der Waals surface area contributed by atoms with Gasteiger partial charge in [0.2, 0.25) is 5.91 Å². The maximum atomic E-state index is 12.0. The summed E-state index contributed by atoms with van der Waals surface area (Å²) in [6.07, 6.45) is 4.78. The number of unbranched alkanes of at least 4 members (excludes halogenated alkanes) is 1. The van der Waals surface area contributed by atoms with Crippen LogP contribution in [0.25, 0.3) is 0 Å². The second kappa shape index (κ2) is 11.3. The van der Waals surface area contributed by atoms with Crippen molar-refractivity contribution in [3.63, 3.8) is 0 Å². The van der Waals surface area contributed by atoms with Crippen molar-refractivity contribution in [3.05, 3.63) is 59.4 Å². The lowest BCUT2D eigenvalue weighted by Crippen LogP contribution is -2.35. The Morgan fingerprint density at radius 3 is 2.55 bits per heavy atom. The number of esters is 1. The summed E-state index contributed by atoms with van der Waals surface area (Å²) < 4.78 is 10.5. The Morgan fingerprint density at radius 2 is 1.94 bits per heavy atom. The van der Waals surface area contributed by atoms with E-state index in [2.05, 4.69) is 10.3 Å². The predicted molar refractivity (Wildman–Crippen MR) is 127 cm³/mol. The van der Waals surface area contributed by atoms with E-state index in [4.69, 9.17) is 9.47 Å². The second-order valence-corrected chi connectivity index (χ2v) is 9.79. The van der Waals surface area contributed by atoms with Crippen molar-refractivity contribution in [2.24, 2.45) is 0 Å². The number of hydrogen-bond acceptors (Lipinski definition) is 7. The molecule has 1 aromatic heterocycles. The number of rotatable bonds is 11. The fraction of sp³-hybridized carbons (Fsp3) is 0.440. The summed E-state index contributed by atoms with van der Waals surface area (Å²) >= 11 is 1.03. The number of carbonyl (C=O) groups is 3. The molecule has 0 saturated carbocycles. The van der Waals surface area contributed by atoms with Gasteiger partial charge in [0.05, 0.1) is 6.61 Å². The molecule has 33 heavy (non-hydrogen) atoms. The molecule has 8 heteroatoms. The molecule has 2 amide bonds. The van der Waals surface area contributed by atoms with Gasteiger partial charge in [-0.2, -0.15) is 0 Å². The van der Waals surface area contributed by atoms with Crippen LogP contribution in [0.4, 0.5) is 4.79 Å². The van der Waals surface area contributed by atoms with Crippen LogP contribution in [0.3, 0.4) is 0 Å². The standard InChI is InChI=1S/C25H30N2O5S/c1-4-5-6-22(28)32-17(2)19-9-10-20(26-16-19)13-14-31-21-11-7-18(8-12-21)15-25(3)23(29)27-24(30)33-25/h7-12,16-17H,4-6,13-15H2,1-3H3,(H,27,29,30)/t17-,25?/m0/s1. The maximum absolute atomic E-state index is 12.0. The molecule has 1 aliphatic heterocycles. The highest BCUT2D eigenvalue weighted by atomic mass is 32.2. The molecule has 7 nitrogen and oxygen atoms in total. The molecule has 3 rings (SSSR count). The first-order valence-corrected chi connectivity index (χ1v) is 12.0. The predicted octanol–water partition coefficient (Wildman–Crippen LogP) is 4.78. The van der Waals surface area contributed by atoms with E-state index in [0.717, 1.165) is 47.2 Å². The quantitative estimate of drug-likeness (QED) is 0.472. The molecule has 0 aliphatic carbocycles. The molecule has 1 fully saturated rings. The lowest BCUT2D eigenvalue weighted by Gasteiger charge is -2.18. The van der Waals surface area contributed by atoms with Crippen molar-refractivity contribution in [3.8, 4) is 5.75 Å². The summed E-state index contributed by atoms with van der Waals surface area (Å²) in [5.41, 5.74) is 2.72. The zero-order valence-electron chi connectivity index (χ0n) is 19.3. The van der Waals surface area contributed by atoms with E-state index in [1.165, 1.54) is 0 Å². The number of nitrogens with zero attached hydrogens (tertiary/aromatic N) is 1. The Balaban J connectivity index is 1.44. The smallest absolute Gasteiger partial charge is 0.306 e. The summed E-state index contributed by atoms with van der Waals surface area (Å²) in [7, 11) is 0. The zero-order valence-corrected chi connectivity index (χ0v) is 20.1. The van der Waals surface area contributed by atoms with Gasteiger partial charge in [0.15, 0.2) is 0 Å². The van der Waals surface area contributed by atoms with Crippen molar-refractivity contribution in [2.45, 2.75) is 63.7 Å². The molecule has 1 aliphatic rings. The highest BCUT2D eigenvalue weighted by Gasteiger charge is 2.43. The van der Waals surface area contributed by atoms with Crippen molar-refractivity contribution in [1.82, 2.24) is 10.3 Å². The van der Waals surface area contributed by atoms with Gasteiger partial charge in [-0.1, -0.05) is 31.5 Å². The van der Waals surface area contributed by atoms with Gasteiger partial charge in [0.1, 0.15) is 16.6 Å². The van der Waals surface area contributed by atoms with Crippen LogP contribution < -0.4 is 10.1 Å². The number of benzene rings is 1. The zero-order chi connectivity index (χ0) is 23.8. The summed E-state index contributed by atoms with van der Waals surface area (Å²) in [5.74, 6) is 0.300. The molecule has 2 atom stereocenters. The van der Waals surface area contributed by atoms with Crippen LogP contribution in [0.2, 0.25) is 0 Å². The van der Waals surface area contributed by atoms with Crippen molar-refractivity contribution < 1.29 is 23.9 Å². The number of nitrogens with one attached hydrogen (secondary N) is 1. The second-order valence-electron chi connectivity index (χ2n) is 8.31. The number of imide groups is 1. The van der Waals surface area contributed by atoms with E-state index in [0.29, 0.717) is 25.9 Å². The van der Waals surface area contributed by atoms with Gasteiger partial charge < -0.3 is 9.47 Å². The fourth-order valence-electron chi connectivity index (χ4n) is 3.45. The number of ether oxygens (including phenoxy) is 2. The molecule has 0 spiro atoms. The Labute approximate surface area is 198 Å². The summed E-state index contributed by atoms with van der Waals surface area (Å²) in [6.45, 7) is 6.14. The molecule has 0 bridgehead atoms. The van der Waals surface area contributed by atoms with Crippen molar-refractivity contribution in [2.75, 3.05) is 6.61 Å². The molecule has 176 valence electrons. The Morgan fingerprint density at radius 1 is 1.18 bits per heavy atom. The van der Waals surface area contributed by atoms with Gasteiger partial charge in [-0.3, -0.25) is 24.7 Å². The van der Waals surface area contributed by atoms with Gasteiger partial charge >= 0.3 is 5.97 Å². The number of hydrogen-bond donors (Lipinski definition) is 1. The van der Waals surface area contributed by atoms with Crippen LogP contribution in [-0.2, 0) is 27.2 Å². The van der Waals surface area contributed by atoms with Gasteiger partial charge in [-0.05, 0) is 62.2 Å². The minimum absolute atomic E-state index is 0.180. The normalized spacial score (nSPS) is 18.6. The molecule has 1 N–H and O–H groups in total. The molecule has 1 aromatic carbocycles. The van der Waals surface area contributed by atoms with Crippen LogP contribution in [-0.4, -0.2) is 33.5 Å². The van der Waals surface area contributed by atoms with Crippen LogP contribution in [0.5, 0.6) is 5.75 Å². The third-order valence-corrected chi connectivity index (χ3v) is 6.53. The third kappa shape index (κ3) is 7.05. The van der Waals surface area contributed by atoms with E-state index in [-0.39, 0.29) is 23.2 Å². The number of carbonyl (C=O) groups excluding carboxylic acids is 3. The topological polar surface area (TPSA) is 94.6 Å². The van der Waals surface area contributed by atoms with Crippen molar-refractivity contribution in [1.29, 1.82) is 0 Å². The fourth-order valence-corrected chi connectivity index (χ4v) is 4.39. The van der Waals surface area contributed by atoms with E-state index in [1.54, 1.807) is 13.1 Å². The maximum Gasteiger partial charge on any atom is 0.306 e. The highest BCUT2D eigenvalue weighted by molar-refractivity contribution is 8.16. The molecule has 2 heterocycles. The third-order valence-electron chi connectivity index (χ3n) is 5.47. The highest BCUT2D eigenvalue weighted by Crippen LogP contribution is 2.34. The first-order valence-electron chi connectivity index (χ1n) is 11.2. The molecule has 1 saturated heterocycles. The lowest BCUT2D eigenvalue weighted by atomic mass is 9.99. The Kier molecular flexibility index (Phi) is 8.49.